The minimum Gasteiger partial charge on any atom is -0.485 e. The number of carbonyl (C=O) groups is 1. The van der Waals surface area contributed by atoms with E-state index in [1.54, 1.807) is 0 Å². The Morgan fingerprint density at radius 2 is 1.94 bits per heavy atom. The maximum atomic E-state index is 12.7. The number of nitrogens with one attached hydrogen (secondary N) is 1. The van der Waals surface area contributed by atoms with Crippen LogP contribution in [0, 0.1) is 13.8 Å². The lowest BCUT2D eigenvalue weighted by atomic mass is 10.1. The van der Waals surface area contributed by atoms with Gasteiger partial charge in [0, 0.05) is 18.8 Å². The molecule has 0 saturated carbocycles. The molecule has 3 aromatic rings. The zero-order chi connectivity index (χ0) is 23.2. The van der Waals surface area contributed by atoms with Gasteiger partial charge in [-0.3, -0.25) is 9.36 Å². The van der Waals surface area contributed by atoms with Gasteiger partial charge in [-0.25, -0.2) is 0 Å². The van der Waals surface area contributed by atoms with Crippen molar-refractivity contribution in [2.45, 2.75) is 56.7 Å². The number of hydrogen-bond donors (Lipinski definition) is 1. The molecule has 174 valence electrons. The highest BCUT2D eigenvalue weighted by Gasteiger charge is 2.23. The summed E-state index contributed by atoms with van der Waals surface area (Å²) in [5.41, 5.74) is 3.08. The second kappa shape index (κ2) is 10.9. The Morgan fingerprint density at radius 1 is 1.18 bits per heavy atom. The summed E-state index contributed by atoms with van der Waals surface area (Å²) in [4.78, 5) is 12.7. The molecule has 1 amide bonds. The van der Waals surface area contributed by atoms with Gasteiger partial charge >= 0.3 is 0 Å². The molecule has 2 atom stereocenters. The summed E-state index contributed by atoms with van der Waals surface area (Å²) in [6.45, 7) is 7.53. The third-order valence-electron chi connectivity index (χ3n) is 5.65. The summed E-state index contributed by atoms with van der Waals surface area (Å²) >= 11 is 1.39. The van der Waals surface area contributed by atoms with Gasteiger partial charge in [-0.15, -0.1) is 10.2 Å². The predicted octanol–water partition coefficient (Wildman–Crippen LogP) is 4.24. The standard InChI is InChI=1S/C25H30N4O3S/c1-17-9-7-10-18(2)23(17)32-16-22-27-28-25(29(22)20-11-5-4-6-12-20)33-19(3)24(30)26-15-21-13-8-14-31-21/h4-7,9-12,19,21H,8,13-16H2,1-3H3,(H,26,30)/t19-,21-/m0/s1. The van der Waals surface area contributed by atoms with Crippen LogP contribution in [0.4, 0.5) is 0 Å². The van der Waals surface area contributed by atoms with Crippen LogP contribution in [0.1, 0.15) is 36.7 Å². The molecular formula is C25H30N4O3S. The highest BCUT2D eigenvalue weighted by molar-refractivity contribution is 8.00. The number of rotatable bonds is 9. The van der Waals surface area contributed by atoms with Gasteiger partial charge in [0.2, 0.25) is 5.91 Å². The van der Waals surface area contributed by atoms with Gasteiger partial charge in [0.05, 0.1) is 11.4 Å². The fourth-order valence-corrected chi connectivity index (χ4v) is 4.76. The van der Waals surface area contributed by atoms with E-state index in [0.29, 0.717) is 17.5 Å². The van der Waals surface area contributed by atoms with E-state index in [4.69, 9.17) is 9.47 Å². The van der Waals surface area contributed by atoms with Crippen molar-refractivity contribution in [3.8, 4) is 11.4 Å². The van der Waals surface area contributed by atoms with Crippen LogP contribution in [0.5, 0.6) is 5.75 Å². The lowest BCUT2D eigenvalue weighted by Crippen LogP contribution is -2.36. The monoisotopic (exact) mass is 466 g/mol. The summed E-state index contributed by atoms with van der Waals surface area (Å²) in [5, 5.41) is 12.1. The molecule has 33 heavy (non-hydrogen) atoms. The first-order chi connectivity index (χ1) is 16.0. The average molecular weight is 467 g/mol. The first-order valence-electron chi connectivity index (χ1n) is 11.3. The van der Waals surface area contributed by atoms with E-state index < -0.39 is 0 Å². The third-order valence-corrected chi connectivity index (χ3v) is 6.69. The van der Waals surface area contributed by atoms with Crippen LogP contribution >= 0.6 is 11.8 Å². The van der Waals surface area contributed by atoms with Crippen LogP contribution in [0.2, 0.25) is 0 Å². The van der Waals surface area contributed by atoms with Crippen LogP contribution in [-0.2, 0) is 16.1 Å². The number of amides is 1. The number of carbonyl (C=O) groups excluding carboxylic acids is 1. The van der Waals surface area contributed by atoms with E-state index in [-0.39, 0.29) is 23.9 Å². The molecule has 1 fully saturated rings. The molecule has 8 heteroatoms. The normalized spacial score (nSPS) is 16.5. The van der Waals surface area contributed by atoms with Crippen molar-refractivity contribution in [1.82, 2.24) is 20.1 Å². The molecule has 1 N–H and O–H groups in total. The molecular weight excluding hydrogens is 436 g/mol. The molecule has 2 aromatic carbocycles. The number of hydrogen-bond acceptors (Lipinski definition) is 6. The molecule has 1 aromatic heterocycles. The number of benzene rings is 2. The van der Waals surface area contributed by atoms with Crippen molar-refractivity contribution >= 4 is 17.7 Å². The number of thioether (sulfide) groups is 1. The van der Waals surface area contributed by atoms with Crippen molar-refractivity contribution in [2.75, 3.05) is 13.2 Å². The van der Waals surface area contributed by atoms with Crippen molar-refractivity contribution in [1.29, 1.82) is 0 Å². The number of nitrogens with zero attached hydrogens (tertiary/aromatic N) is 3. The van der Waals surface area contributed by atoms with Crippen LogP contribution in [0.25, 0.3) is 5.69 Å². The SMILES string of the molecule is Cc1cccc(C)c1OCc1nnc(S[C@@H](C)C(=O)NC[C@@H]2CCCO2)n1-c1ccccc1. The molecule has 7 nitrogen and oxygen atoms in total. The van der Waals surface area contributed by atoms with Gasteiger partial charge in [0.1, 0.15) is 12.4 Å². The quantitative estimate of drug-likeness (QED) is 0.475. The van der Waals surface area contributed by atoms with Crippen LogP contribution in [0.15, 0.2) is 53.7 Å². The summed E-state index contributed by atoms with van der Waals surface area (Å²) in [6.07, 6.45) is 2.17. The smallest absolute Gasteiger partial charge is 0.233 e. The minimum atomic E-state index is -0.328. The fraction of sp³-hybridized carbons (Fsp3) is 0.400. The second-order valence-corrected chi connectivity index (χ2v) is 9.53. The largest absolute Gasteiger partial charge is 0.485 e. The molecule has 0 spiro atoms. The molecule has 0 unspecified atom stereocenters. The lowest BCUT2D eigenvalue weighted by molar-refractivity contribution is -0.120. The Labute approximate surface area is 198 Å². The Morgan fingerprint density at radius 3 is 2.64 bits per heavy atom. The molecule has 4 rings (SSSR count). The Kier molecular flexibility index (Phi) is 7.67. The van der Waals surface area contributed by atoms with Crippen LogP contribution in [-0.4, -0.2) is 45.2 Å². The van der Waals surface area contributed by atoms with Gasteiger partial charge in [0.25, 0.3) is 0 Å². The van der Waals surface area contributed by atoms with Gasteiger partial charge in [0.15, 0.2) is 11.0 Å². The highest BCUT2D eigenvalue weighted by atomic mass is 32.2. The number of ether oxygens (including phenoxy) is 2. The van der Waals surface area contributed by atoms with Gasteiger partial charge in [-0.2, -0.15) is 0 Å². The summed E-state index contributed by atoms with van der Waals surface area (Å²) in [6, 6.07) is 16.0. The topological polar surface area (TPSA) is 78.3 Å². The number of aryl methyl sites for hydroxylation is 2. The maximum absolute atomic E-state index is 12.7. The Hall–Kier alpha value is -2.84. The van der Waals surface area contributed by atoms with E-state index in [0.717, 1.165) is 42.0 Å². The molecule has 2 heterocycles. The van der Waals surface area contributed by atoms with Crippen molar-refractivity contribution in [2.24, 2.45) is 0 Å². The van der Waals surface area contributed by atoms with E-state index in [9.17, 15) is 4.79 Å². The van der Waals surface area contributed by atoms with E-state index in [2.05, 4.69) is 15.5 Å². The molecule has 1 aliphatic rings. The fourth-order valence-electron chi connectivity index (χ4n) is 3.85. The van der Waals surface area contributed by atoms with Crippen molar-refractivity contribution < 1.29 is 14.3 Å². The van der Waals surface area contributed by atoms with Crippen LogP contribution < -0.4 is 10.1 Å². The number of para-hydroxylation sites is 2. The van der Waals surface area contributed by atoms with Gasteiger partial charge in [-0.05, 0) is 56.9 Å². The maximum Gasteiger partial charge on any atom is 0.233 e. The third kappa shape index (κ3) is 5.75. The molecule has 1 saturated heterocycles. The predicted molar refractivity (Wildman–Crippen MR) is 129 cm³/mol. The zero-order valence-corrected chi connectivity index (χ0v) is 20.1. The van der Waals surface area contributed by atoms with Crippen LogP contribution in [0.3, 0.4) is 0 Å². The van der Waals surface area contributed by atoms with Crippen molar-refractivity contribution in [3.05, 3.63) is 65.5 Å². The van der Waals surface area contributed by atoms with E-state index in [1.807, 2.05) is 73.9 Å². The first kappa shape index (κ1) is 23.3. The molecule has 0 radical (unpaired) electrons. The van der Waals surface area contributed by atoms with Crippen molar-refractivity contribution in [3.63, 3.8) is 0 Å². The van der Waals surface area contributed by atoms with Gasteiger partial charge < -0.3 is 14.8 Å². The molecule has 0 bridgehead atoms. The summed E-state index contributed by atoms with van der Waals surface area (Å²) < 4.78 is 13.7. The zero-order valence-electron chi connectivity index (χ0n) is 19.3. The van der Waals surface area contributed by atoms with E-state index >= 15 is 0 Å². The highest BCUT2D eigenvalue weighted by Crippen LogP contribution is 2.28. The summed E-state index contributed by atoms with van der Waals surface area (Å²) in [5.74, 6) is 1.50. The average Bonchev–Trinajstić information content (AvgIpc) is 3.48. The molecule has 0 aliphatic carbocycles. The lowest BCUT2D eigenvalue weighted by Gasteiger charge is -2.16. The Bertz CT molecular complexity index is 1060. The number of aromatic nitrogens is 3. The molecule has 1 aliphatic heterocycles. The van der Waals surface area contributed by atoms with Gasteiger partial charge in [-0.1, -0.05) is 48.2 Å². The second-order valence-electron chi connectivity index (χ2n) is 8.22. The van der Waals surface area contributed by atoms with E-state index in [1.165, 1.54) is 11.8 Å². The summed E-state index contributed by atoms with van der Waals surface area (Å²) in [7, 11) is 0. The minimum absolute atomic E-state index is 0.0357. The Balaban J connectivity index is 1.50. The first-order valence-corrected chi connectivity index (χ1v) is 12.2.